The summed E-state index contributed by atoms with van der Waals surface area (Å²) in [6.45, 7) is 4.80. The number of carbonyl (C=O) groups is 1. The van der Waals surface area contributed by atoms with Crippen molar-refractivity contribution in [3.8, 4) is 40.2 Å². The monoisotopic (exact) mass is 903 g/mol. The molecule has 0 aliphatic rings. The van der Waals surface area contributed by atoms with Crippen LogP contribution in [0, 0.1) is 25.2 Å². The molecule has 0 bridgehead atoms. The summed E-state index contributed by atoms with van der Waals surface area (Å²) < 4.78 is 24.9. The van der Waals surface area contributed by atoms with Crippen LogP contribution < -0.4 is 24.3 Å². The topological polar surface area (TPSA) is 189 Å². The fraction of sp³-hybridized carbons (Fsp3) is 0.245. The molecule has 0 aliphatic carbocycles. The Balaban J connectivity index is 1.17. The number of halogens is 2. The minimum atomic E-state index is -1.10. The first-order valence-corrected chi connectivity index (χ1v) is 21.0. The average Bonchev–Trinajstić information content (AvgIpc) is 3.28. The molecule has 0 fully saturated rings. The number of nitrogens with zero attached hydrogens (tertiary/aromatic N) is 4. The number of nitrogens with one attached hydrogen (secondary N) is 1. The second-order valence-corrected chi connectivity index (χ2v) is 15.7. The molecular formula is C49H47Cl2N5O8. The predicted molar refractivity (Wildman–Crippen MR) is 244 cm³/mol. The lowest BCUT2D eigenvalue weighted by Crippen LogP contribution is -2.28. The molecule has 0 amide bonds. The highest BCUT2D eigenvalue weighted by Gasteiger charge is 2.18. The van der Waals surface area contributed by atoms with Crippen molar-refractivity contribution in [2.75, 3.05) is 13.6 Å². The molecule has 64 heavy (non-hydrogen) atoms. The fourth-order valence-corrected chi connectivity index (χ4v) is 7.36. The van der Waals surface area contributed by atoms with E-state index in [2.05, 4.69) is 38.5 Å². The molecule has 0 spiro atoms. The lowest BCUT2D eigenvalue weighted by Gasteiger charge is -2.19. The molecule has 0 aliphatic heterocycles. The molecule has 0 radical (unpaired) electrons. The zero-order chi connectivity index (χ0) is 45.6. The Hall–Kier alpha value is -6.53. The van der Waals surface area contributed by atoms with Crippen LogP contribution >= 0.6 is 23.2 Å². The van der Waals surface area contributed by atoms with Gasteiger partial charge in [-0.3, -0.25) is 19.8 Å². The van der Waals surface area contributed by atoms with Crippen LogP contribution in [0.5, 0.6) is 23.0 Å². The van der Waals surface area contributed by atoms with E-state index in [9.17, 15) is 20.3 Å². The number of aliphatic carboxylic acids is 1. The molecule has 1 atom stereocenters. The minimum absolute atomic E-state index is 0.0373. The van der Waals surface area contributed by atoms with Gasteiger partial charge in [-0.1, -0.05) is 59.6 Å². The van der Waals surface area contributed by atoms with Crippen molar-refractivity contribution in [3.63, 3.8) is 0 Å². The summed E-state index contributed by atoms with van der Waals surface area (Å²) in [5, 5.41) is 42.2. The van der Waals surface area contributed by atoms with Gasteiger partial charge in [-0.15, -0.1) is 0 Å². The Morgan fingerprint density at radius 1 is 0.766 bits per heavy atom. The maximum absolute atomic E-state index is 11.0. The van der Waals surface area contributed by atoms with Gasteiger partial charge in [-0.2, -0.15) is 5.26 Å². The smallest absolute Gasteiger partial charge is 0.306 e. The molecule has 1 unspecified atom stereocenters. The number of aromatic nitrogens is 2. The summed E-state index contributed by atoms with van der Waals surface area (Å²) in [5.74, 6) is 0.576. The van der Waals surface area contributed by atoms with Gasteiger partial charge in [0.25, 0.3) is 0 Å². The first kappa shape index (κ1) is 47.0. The molecule has 2 heterocycles. The van der Waals surface area contributed by atoms with Gasteiger partial charge >= 0.3 is 5.97 Å². The van der Waals surface area contributed by atoms with Crippen LogP contribution in [0.4, 0.5) is 0 Å². The van der Waals surface area contributed by atoms with E-state index in [-0.39, 0.29) is 46.1 Å². The third-order valence-corrected chi connectivity index (χ3v) is 10.9. The van der Waals surface area contributed by atoms with Gasteiger partial charge in [0.2, 0.25) is 0 Å². The van der Waals surface area contributed by atoms with E-state index < -0.39 is 18.5 Å². The highest BCUT2D eigenvalue weighted by molar-refractivity contribution is 6.32. The van der Waals surface area contributed by atoms with Gasteiger partial charge in [0.1, 0.15) is 55.5 Å². The number of aliphatic hydroxyl groups excluding tert-OH is 2. The second-order valence-electron chi connectivity index (χ2n) is 14.9. The van der Waals surface area contributed by atoms with Crippen molar-refractivity contribution in [3.05, 3.63) is 163 Å². The van der Waals surface area contributed by atoms with Crippen LogP contribution in [0.3, 0.4) is 0 Å². The first-order chi connectivity index (χ1) is 31.0. The van der Waals surface area contributed by atoms with E-state index in [4.69, 9.17) is 47.3 Å². The zero-order valence-electron chi connectivity index (χ0n) is 35.5. The highest BCUT2D eigenvalue weighted by atomic mass is 35.5. The summed E-state index contributed by atoms with van der Waals surface area (Å²) in [4.78, 5) is 23.4. The molecule has 0 saturated heterocycles. The first-order valence-electron chi connectivity index (χ1n) is 20.2. The number of ether oxygens (including phenoxy) is 4. The van der Waals surface area contributed by atoms with Gasteiger partial charge in [-0.25, -0.2) is 0 Å². The number of hydrogen-bond acceptors (Lipinski definition) is 12. The normalized spacial score (nSPS) is 11.6. The Labute approximate surface area is 381 Å². The quantitative estimate of drug-likeness (QED) is 0.0504. The third kappa shape index (κ3) is 12.6. The van der Waals surface area contributed by atoms with Crippen LogP contribution in [0.25, 0.3) is 11.1 Å². The van der Waals surface area contributed by atoms with Crippen molar-refractivity contribution in [1.82, 2.24) is 15.3 Å². The molecule has 6 rings (SSSR count). The number of benzene rings is 4. The average molecular weight is 905 g/mol. The molecule has 6 aromatic rings. The van der Waals surface area contributed by atoms with Crippen molar-refractivity contribution in [1.29, 1.82) is 5.26 Å². The summed E-state index contributed by atoms with van der Waals surface area (Å²) in [6.07, 6.45) is 6.74. The van der Waals surface area contributed by atoms with Crippen LogP contribution in [0.2, 0.25) is 10.0 Å². The Morgan fingerprint density at radius 3 is 1.88 bits per heavy atom. The molecule has 4 aromatic carbocycles. The molecule has 13 nitrogen and oxygen atoms in total. The van der Waals surface area contributed by atoms with Gasteiger partial charge < -0.3 is 39.6 Å². The van der Waals surface area contributed by atoms with Crippen LogP contribution in [0.1, 0.15) is 62.1 Å². The summed E-state index contributed by atoms with van der Waals surface area (Å²) >= 11 is 13.4. The van der Waals surface area contributed by atoms with Gasteiger partial charge in [0, 0.05) is 91.1 Å². The number of nitriles is 1. The molecular weight excluding hydrogens is 857 g/mol. The number of aliphatic imine (C=N–C) groups is 1. The lowest BCUT2D eigenvalue weighted by molar-refractivity contribution is -0.139. The predicted octanol–water partition coefficient (Wildman–Crippen LogP) is 8.72. The van der Waals surface area contributed by atoms with Gasteiger partial charge in [0.05, 0.1) is 34.7 Å². The Kier molecular flexibility index (Phi) is 16.7. The largest absolute Gasteiger partial charge is 0.488 e. The second kappa shape index (κ2) is 22.7. The van der Waals surface area contributed by atoms with E-state index in [1.165, 1.54) is 6.20 Å². The lowest BCUT2D eigenvalue weighted by atomic mass is 9.92. The fourth-order valence-electron chi connectivity index (χ4n) is 6.88. The van der Waals surface area contributed by atoms with Crippen molar-refractivity contribution in [2.24, 2.45) is 4.99 Å². The van der Waals surface area contributed by atoms with E-state index in [1.807, 2.05) is 44.2 Å². The number of aliphatic hydroxyl groups is 2. The number of carboxylic acids is 1. The molecule has 0 saturated carbocycles. The molecule has 330 valence electrons. The van der Waals surface area contributed by atoms with E-state index in [0.717, 1.165) is 44.5 Å². The van der Waals surface area contributed by atoms with Crippen molar-refractivity contribution < 1.29 is 39.1 Å². The van der Waals surface area contributed by atoms with Crippen LogP contribution in [-0.2, 0) is 44.4 Å². The summed E-state index contributed by atoms with van der Waals surface area (Å²) in [5.41, 5.74) is 9.88. The third-order valence-electron chi connectivity index (χ3n) is 10.3. The molecule has 15 heteroatoms. The summed E-state index contributed by atoms with van der Waals surface area (Å²) in [6, 6.07) is 24.5. The Bertz CT molecular complexity index is 2670. The number of hydrogen-bond donors (Lipinski definition) is 4. The standard InChI is InChI=1S/C49H47Cl2N5O8/c1-30-36(28-63-47-15-45(61-26-34-10-32(17-52)19-54-21-34)38(12-43(47)50)23-56-24-40(58)14-49(59)60)6-4-8-41(30)42-9-5-7-37(31(42)2)29-64-48-16-46(39(25-57)13-44(48)51)62-27-35-11-33(18-53-3)20-55-22-35/h4-13,15-16,18-22,40,56-58H,14,23-29H2,1-3H3,(H,59,60). The van der Waals surface area contributed by atoms with E-state index >= 15 is 0 Å². The van der Waals surface area contributed by atoms with Gasteiger partial charge in [0.15, 0.2) is 0 Å². The van der Waals surface area contributed by atoms with E-state index in [0.29, 0.717) is 55.3 Å². The minimum Gasteiger partial charge on any atom is -0.488 e. The number of rotatable bonds is 21. The summed E-state index contributed by atoms with van der Waals surface area (Å²) in [7, 11) is 1.69. The Morgan fingerprint density at radius 2 is 1.31 bits per heavy atom. The van der Waals surface area contributed by atoms with E-state index in [1.54, 1.807) is 62.2 Å². The maximum atomic E-state index is 11.0. The van der Waals surface area contributed by atoms with Crippen LogP contribution in [0.15, 0.2) is 103 Å². The van der Waals surface area contributed by atoms with Crippen LogP contribution in [-0.4, -0.2) is 57.2 Å². The maximum Gasteiger partial charge on any atom is 0.306 e. The van der Waals surface area contributed by atoms with Gasteiger partial charge in [-0.05, 0) is 71.5 Å². The highest BCUT2D eigenvalue weighted by Crippen LogP contribution is 2.37. The number of carboxylic acid groups (broad SMARTS) is 1. The van der Waals surface area contributed by atoms with Crippen molar-refractivity contribution >= 4 is 35.4 Å². The van der Waals surface area contributed by atoms with Crippen molar-refractivity contribution in [2.45, 2.75) is 66.0 Å². The SMILES string of the molecule is CN=Cc1cncc(COc2cc(OCc3cccc(-c4cccc(COc5cc(OCc6cncc(C#N)c6)c(CNCC(O)CC(=O)O)cc5Cl)c4C)c3C)c(Cl)cc2CO)c1. The molecule has 2 aromatic heterocycles. The number of pyridine rings is 2. The zero-order valence-corrected chi connectivity index (χ0v) is 37.0. The molecule has 4 N–H and O–H groups in total.